The molecular formula is C27H24FN5O3. The van der Waals surface area contributed by atoms with Crippen LogP contribution in [-0.2, 0) is 6.54 Å². The van der Waals surface area contributed by atoms with Gasteiger partial charge in [0, 0.05) is 36.3 Å². The number of hydrogen-bond acceptors (Lipinski definition) is 6. The number of aliphatic hydroxyl groups is 1. The van der Waals surface area contributed by atoms with Gasteiger partial charge in [-0.1, -0.05) is 24.3 Å². The molecule has 1 unspecified atom stereocenters. The molecule has 0 bridgehead atoms. The van der Waals surface area contributed by atoms with Gasteiger partial charge in [0.05, 0.1) is 36.1 Å². The van der Waals surface area contributed by atoms with Crippen molar-refractivity contribution in [3.63, 3.8) is 0 Å². The lowest BCUT2D eigenvalue weighted by Crippen LogP contribution is -2.23. The predicted octanol–water partition coefficient (Wildman–Crippen LogP) is 3.75. The molecule has 3 aromatic carbocycles. The first-order valence-electron chi connectivity index (χ1n) is 11.5. The molecule has 9 heteroatoms. The average Bonchev–Trinajstić information content (AvgIpc) is 3.56. The summed E-state index contributed by atoms with van der Waals surface area (Å²) in [5.41, 5.74) is 4.63. The Kier molecular flexibility index (Phi) is 6.27. The number of amides is 1. The van der Waals surface area contributed by atoms with Gasteiger partial charge in [-0.25, -0.2) is 4.39 Å². The van der Waals surface area contributed by atoms with E-state index in [0.717, 1.165) is 40.4 Å². The number of β-amino-alcohol motifs (C(OH)–C–C–N with tert-alkyl or cyclic N) is 1. The topological polar surface area (TPSA) is 114 Å². The zero-order valence-electron chi connectivity index (χ0n) is 19.6. The smallest absolute Gasteiger partial charge is 0.255 e. The van der Waals surface area contributed by atoms with Crippen molar-refractivity contribution in [3.8, 4) is 22.9 Å². The number of halogens is 1. The van der Waals surface area contributed by atoms with Crippen molar-refractivity contribution >= 4 is 22.5 Å². The molecule has 0 aliphatic carbocycles. The number of ether oxygens (including phenoxy) is 1. The summed E-state index contributed by atoms with van der Waals surface area (Å²) < 4.78 is 18.8. The Balaban J connectivity index is 1.40. The molecule has 1 atom stereocenters. The SMILES string of the molecule is COc1ccc(F)cc1C(=O)NCc1ccc(-c2cc(N3CCC(O)C3)c3cn[nH]c3c2C#N)cc1. The van der Waals surface area contributed by atoms with Gasteiger partial charge < -0.3 is 20.1 Å². The molecule has 182 valence electrons. The average molecular weight is 486 g/mol. The van der Waals surface area contributed by atoms with Crippen LogP contribution in [0, 0.1) is 17.1 Å². The van der Waals surface area contributed by atoms with Crippen molar-refractivity contribution in [1.29, 1.82) is 5.26 Å². The van der Waals surface area contributed by atoms with E-state index in [4.69, 9.17) is 4.74 Å². The molecular weight excluding hydrogens is 461 g/mol. The van der Waals surface area contributed by atoms with Crippen LogP contribution in [0.1, 0.15) is 27.9 Å². The highest BCUT2D eigenvalue weighted by atomic mass is 19.1. The lowest BCUT2D eigenvalue weighted by atomic mass is 9.96. The molecule has 1 aliphatic heterocycles. The maximum atomic E-state index is 13.6. The Morgan fingerprint density at radius 2 is 2.11 bits per heavy atom. The van der Waals surface area contributed by atoms with Gasteiger partial charge in [0.2, 0.25) is 0 Å². The van der Waals surface area contributed by atoms with Crippen molar-refractivity contribution in [2.24, 2.45) is 0 Å². The third-order valence-electron chi connectivity index (χ3n) is 6.46. The van der Waals surface area contributed by atoms with E-state index < -0.39 is 11.7 Å². The van der Waals surface area contributed by atoms with E-state index >= 15 is 0 Å². The summed E-state index contributed by atoms with van der Waals surface area (Å²) in [6.07, 6.45) is 2.02. The third-order valence-corrected chi connectivity index (χ3v) is 6.46. The summed E-state index contributed by atoms with van der Waals surface area (Å²) in [6, 6.07) is 15.6. The van der Waals surface area contributed by atoms with E-state index in [1.165, 1.54) is 19.2 Å². The zero-order chi connectivity index (χ0) is 25.2. The molecule has 0 radical (unpaired) electrons. The second-order valence-electron chi connectivity index (χ2n) is 8.70. The molecule has 1 aromatic heterocycles. The first-order valence-corrected chi connectivity index (χ1v) is 11.5. The normalized spacial score (nSPS) is 15.2. The van der Waals surface area contributed by atoms with Gasteiger partial charge in [-0.2, -0.15) is 10.4 Å². The molecule has 1 saturated heterocycles. The number of aromatic amines is 1. The lowest BCUT2D eigenvalue weighted by molar-refractivity contribution is 0.0947. The van der Waals surface area contributed by atoms with Gasteiger partial charge in [-0.15, -0.1) is 0 Å². The van der Waals surface area contributed by atoms with Gasteiger partial charge >= 0.3 is 0 Å². The summed E-state index contributed by atoms with van der Waals surface area (Å²) in [6.45, 7) is 1.49. The maximum Gasteiger partial charge on any atom is 0.255 e. The van der Waals surface area contributed by atoms with Crippen molar-refractivity contribution in [2.45, 2.75) is 19.1 Å². The van der Waals surface area contributed by atoms with Crippen LogP contribution in [0.4, 0.5) is 10.1 Å². The molecule has 8 nitrogen and oxygen atoms in total. The zero-order valence-corrected chi connectivity index (χ0v) is 19.6. The molecule has 4 aromatic rings. The summed E-state index contributed by atoms with van der Waals surface area (Å²) in [5.74, 6) is -0.663. The standard InChI is InChI=1S/C27H24FN5O3/c1-36-25-7-6-18(28)10-21(25)27(35)30-13-16-2-4-17(5-3-16)20-11-24(33-9-8-19(34)15-33)23-14-31-32-26(23)22(20)12-29/h2-7,10-11,14,19,34H,8-9,13,15H2,1H3,(H,30,35)(H,31,32). The van der Waals surface area contributed by atoms with Crippen molar-refractivity contribution in [2.75, 3.05) is 25.1 Å². The van der Waals surface area contributed by atoms with Crippen molar-refractivity contribution in [1.82, 2.24) is 15.5 Å². The Morgan fingerprint density at radius 3 is 2.81 bits per heavy atom. The molecule has 5 rings (SSSR count). The van der Waals surface area contributed by atoms with Gasteiger partial charge in [0.25, 0.3) is 5.91 Å². The molecule has 1 aliphatic rings. The number of fused-ring (bicyclic) bond motifs is 1. The summed E-state index contributed by atoms with van der Waals surface area (Å²) >= 11 is 0. The van der Waals surface area contributed by atoms with Gasteiger partial charge in [-0.3, -0.25) is 9.89 Å². The molecule has 0 saturated carbocycles. The fourth-order valence-electron chi connectivity index (χ4n) is 4.60. The third kappa shape index (κ3) is 4.34. The fraction of sp³-hybridized carbons (Fsp3) is 0.222. The molecule has 2 heterocycles. The van der Waals surface area contributed by atoms with Crippen LogP contribution in [-0.4, -0.2) is 47.5 Å². The van der Waals surface area contributed by atoms with Crippen LogP contribution in [0.15, 0.2) is 54.7 Å². The van der Waals surface area contributed by atoms with Gasteiger partial charge in [0.1, 0.15) is 17.6 Å². The second kappa shape index (κ2) is 9.68. The fourth-order valence-corrected chi connectivity index (χ4v) is 4.60. The lowest BCUT2D eigenvalue weighted by Gasteiger charge is -2.21. The number of carbonyl (C=O) groups excluding carboxylic acids is 1. The van der Waals surface area contributed by atoms with Gasteiger partial charge in [0.15, 0.2) is 0 Å². The number of H-pyrrole nitrogens is 1. The summed E-state index contributed by atoms with van der Waals surface area (Å²) in [5, 5.41) is 30.7. The Labute approximate surface area is 206 Å². The molecule has 36 heavy (non-hydrogen) atoms. The van der Waals surface area contributed by atoms with Crippen LogP contribution in [0.3, 0.4) is 0 Å². The van der Waals surface area contributed by atoms with E-state index in [9.17, 15) is 19.6 Å². The Bertz CT molecular complexity index is 1480. The molecule has 1 fully saturated rings. The number of carbonyl (C=O) groups is 1. The van der Waals surface area contributed by atoms with Crippen LogP contribution in [0.25, 0.3) is 22.0 Å². The van der Waals surface area contributed by atoms with E-state index in [0.29, 0.717) is 29.8 Å². The van der Waals surface area contributed by atoms with Crippen LogP contribution in [0.5, 0.6) is 5.75 Å². The number of aliphatic hydroxyl groups excluding tert-OH is 1. The molecule has 3 N–H and O–H groups in total. The number of methoxy groups -OCH3 is 1. The largest absolute Gasteiger partial charge is 0.496 e. The van der Waals surface area contributed by atoms with E-state index in [1.807, 2.05) is 30.3 Å². The van der Waals surface area contributed by atoms with E-state index in [-0.39, 0.29) is 18.2 Å². The Morgan fingerprint density at radius 1 is 1.31 bits per heavy atom. The highest BCUT2D eigenvalue weighted by Crippen LogP contribution is 2.37. The minimum atomic E-state index is -0.518. The van der Waals surface area contributed by atoms with E-state index in [2.05, 4.69) is 26.5 Å². The second-order valence-corrected chi connectivity index (χ2v) is 8.70. The van der Waals surface area contributed by atoms with Crippen molar-refractivity contribution in [3.05, 3.63) is 77.2 Å². The highest BCUT2D eigenvalue weighted by Gasteiger charge is 2.25. The monoisotopic (exact) mass is 485 g/mol. The highest BCUT2D eigenvalue weighted by molar-refractivity contribution is 6.00. The number of aromatic nitrogens is 2. The van der Waals surface area contributed by atoms with Crippen LogP contribution in [0.2, 0.25) is 0 Å². The van der Waals surface area contributed by atoms with Crippen molar-refractivity contribution < 1.29 is 19.0 Å². The summed E-state index contributed by atoms with van der Waals surface area (Å²) in [4.78, 5) is 14.7. The summed E-state index contributed by atoms with van der Waals surface area (Å²) in [7, 11) is 1.43. The maximum absolute atomic E-state index is 13.6. The molecule has 0 spiro atoms. The number of anilines is 1. The first-order chi connectivity index (χ1) is 17.5. The number of nitrogens with one attached hydrogen (secondary N) is 2. The number of rotatable bonds is 6. The predicted molar refractivity (Wildman–Crippen MR) is 133 cm³/mol. The molecule has 1 amide bonds. The number of nitrogens with zero attached hydrogens (tertiary/aromatic N) is 3. The number of hydrogen-bond donors (Lipinski definition) is 3. The minimum absolute atomic E-state index is 0.125. The number of nitriles is 1. The van der Waals surface area contributed by atoms with Gasteiger partial charge in [-0.05, 0) is 41.8 Å². The minimum Gasteiger partial charge on any atom is -0.496 e. The number of benzene rings is 3. The Hall–Kier alpha value is -4.42. The first kappa shape index (κ1) is 23.3. The quantitative estimate of drug-likeness (QED) is 0.383. The van der Waals surface area contributed by atoms with Crippen LogP contribution >= 0.6 is 0 Å². The van der Waals surface area contributed by atoms with Crippen LogP contribution < -0.4 is 15.0 Å². The van der Waals surface area contributed by atoms with E-state index in [1.54, 1.807) is 6.20 Å².